The third kappa shape index (κ3) is 3.39. The lowest BCUT2D eigenvalue weighted by Crippen LogP contribution is -2.53. The Morgan fingerprint density at radius 2 is 1.84 bits per heavy atom. The van der Waals surface area contributed by atoms with Gasteiger partial charge in [0.2, 0.25) is 5.91 Å². The first kappa shape index (κ1) is 14.2. The summed E-state index contributed by atoms with van der Waals surface area (Å²) in [5, 5.41) is 0.742. The molecule has 2 N–H and O–H groups in total. The van der Waals surface area contributed by atoms with Crippen LogP contribution in [0.3, 0.4) is 0 Å². The zero-order valence-corrected chi connectivity index (χ0v) is 11.9. The summed E-state index contributed by atoms with van der Waals surface area (Å²) in [6.45, 7) is 5.07. The number of hydrogen-bond donors (Lipinski definition) is 1. The lowest BCUT2D eigenvalue weighted by atomic mass is 10.2. The summed E-state index contributed by atoms with van der Waals surface area (Å²) in [5.41, 5.74) is 6.94. The largest absolute Gasteiger partial charge is 0.368 e. The fourth-order valence-corrected chi connectivity index (χ4v) is 2.37. The second kappa shape index (κ2) is 6.26. The van der Waals surface area contributed by atoms with Crippen molar-refractivity contribution in [2.75, 3.05) is 31.1 Å². The monoisotopic (exact) mass is 281 g/mol. The van der Waals surface area contributed by atoms with E-state index in [9.17, 15) is 4.79 Å². The van der Waals surface area contributed by atoms with Gasteiger partial charge in [-0.25, -0.2) is 0 Å². The van der Waals surface area contributed by atoms with E-state index in [-0.39, 0.29) is 11.9 Å². The van der Waals surface area contributed by atoms with E-state index in [1.165, 1.54) is 0 Å². The van der Waals surface area contributed by atoms with Gasteiger partial charge in [-0.05, 0) is 30.7 Å². The Hall–Kier alpha value is -1.26. The highest BCUT2D eigenvalue weighted by Crippen LogP contribution is 2.19. The molecule has 0 radical (unpaired) electrons. The molecule has 1 aliphatic heterocycles. The number of nitrogens with two attached hydrogens (primary N) is 1. The number of rotatable bonds is 3. The molecule has 0 spiro atoms. The van der Waals surface area contributed by atoms with Gasteiger partial charge in [-0.2, -0.15) is 0 Å². The average Bonchev–Trinajstić information content (AvgIpc) is 2.46. The van der Waals surface area contributed by atoms with Gasteiger partial charge in [0.25, 0.3) is 0 Å². The molecule has 1 aromatic carbocycles. The second-order valence-electron chi connectivity index (χ2n) is 4.80. The normalized spacial score (nSPS) is 17.4. The maximum Gasteiger partial charge on any atom is 0.239 e. The van der Waals surface area contributed by atoms with Crippen LogP contribution in [0.1, 0.15) is 13.3 Å². The van der Waals surface area contributed by atoms with E-state index >= 15 is 0 Å². The fourth-order valence-electron chi connectivity index (χ4n) is 2.25. The van der Waals surface area contributed by atoms with Crippen LogP contribution in [0.5, 0.6) is 0 Å². The molecular weight excluding hydrogens is 262 g/mol. The van der Waals surface area contributed by atoms with Gasteiger partial charge in [-0.3, -0.25) is 4.79 Å². The van der Waals surface area contributed by atoms with E-state index in [0.29, 0.717) is 6.42 Å². The number of benzene rings is 1. The van der Waals surface area contributed by atoms with E-state index < -0.39 is 0 Å². The summed E-state index contributed by atoms with van der Waals surface area (Å²) in [6, 6.07) is 7.44. The minimum absolute atomic E-state index is 0.0678. The van der Waals surface area contributed by atoms with Crippen LogP contribution >= 0.6 is 11.6 Å². The minimum atomic E-state index is -0.359. The van der Waals surface area contributed by atoms with Gasteiger partial charge in [-0.1, -0.05) is 18.5 Å². The van der Waals surface area contributed by atoms with Crippen LogP contribution in [0.4, 0.5) is 5.69 Å². The summed E-state index contributed by atoms with van der Waals surface area (Å²) in [6.07, 6.45) is 0.691. The highest BCUT2D eigenvalue weighted by Gasteiger charge is 2.24. The molecule has 0 bridgehead atoms. The lowest BCUT2D eigenvalue weighted by Gasteiger charge is -2.37. The smallest absolute Gasteiger partial charge is 0.239 e. The number of nitrogens with zero attached hydrogens (tertiary/aromatic N) is 2. The summed E-state index contributed by atoms with van der Waals surface area (Å²) >= 11 is 5.88. The third-order valence-electron chi connectivity index (χ3n) is 3.54. The van der Waals surface area contributed by atoms with E-state index in [1.807, 2.05) is 36.1 Å². The number of anilines is 1. The molecule has 0 unspecified atom stereocenters. The van der Waals surface area contributed by atoms with Crippen molar-refractivity contribution in [1.29, 1.82) is 0 Å². The van der Waals surface area contributed by atoms with Crippen LogP contribution in [-0.2, 0) is 4.79 Å². The van der Waals surface area contributed by atoms with Gasteiger partial charge >= 0.3 is 0 Å². The summed E-state index contributed by atoms with van der Waals surface area (Å²) in [5.74, 6) is 0.0678. The maximum atomic E-state index is 12.0. The first-order valence-electron chi connectivity index (χ1n) is 6.66. The summed E-state index contributed by atoms with van der Waals surface area (Å²) < 4.78 is 0. The van der Waals surface area contributed by atoms with E-state index in [1.54, 1.807) is 0 Å². The molecule has 19 heavy (non-hydrogen) atoms. The third-order valence-corrected chi connectivity index (χ3v) is 3.79. The minimum Gasteiger partial charge on any atom is -0.368 e. The molecule has 1 fully saturated rings. The van der Waals surface area contributed by atoms with Gasteiger partial charge in [0.1, 0.15) is 0 Å². The molecule has 1 aliphatic rings. The van der Waals surface area contributed by atoms with Crippen LogP contribution in [0, 0.1) is 0 Å². The number of hydrogen-bond acceptors (Lipinski definition) is 3. The molecule has 104 valence electrons. The SMILES string of the molecule is CC[C@@H](N)C(=O)N1CCN(c2ccc(Cl)cc2)CC1. The first-order chi connectivity index (χ1) is 9.11. The molecule has 1 heterocycles. The van der Waals surface area contributed by atoms with Crippen molar-refractivity contribution in [3.05, 3.63) is 29.3 Å². The quantitative estimate of drug-likeness (QED) is 0.918. The summed E-state index contributed by atoms with van der Waals surface area (Å²) in [7, 11) is 0. The van der Waals surface area contributed by atoms with Gasteiger partial charge in [-0.15, -0.1) is 0 Å². The zero-order chi connectivity index (χ0) is 13.8. The molecule has 5 heteroatoms. The number of amides is 1. The van der Waals surface area contributed by atoms with Crippen molar-refractivity contribution in [1.82, 2.24) is 4.90 Å². The molecule has 0 aromatic heterocycles. The summed E-state index contributed by atoms with van der Waals surface area (Å²) in [4.78, 5) is 16.1. The first-order valence-corrected chi connectivity index (χ1v) is 7.04. The second-order valence-corrected chi connectivity index (χ2v) is 5.24. The van der Waals surface area contributed by atoms with Crippen LogP contribution in [0.15, 0.2) is 24.3 Å². The van der Waals surface area contributed by atoms with Crippen LogP contribution in [0.25, 0.3) is 0 Å². The molecule has 0 saturated carbocycles. The van der Waals surface area contributed by atoms with Crippen LogP contribution < -0.4 is 10.6 Å². The number of piperazine rings is 1. The topological polar surface area (TPSA) is 49.6 Å². The highest BCUT2D eigenvalue weighted by atomic mass is 35.5. The zero-order valence-electron chi connectivity index (χ0n) is 11.2. The van der Waals surface area contributed by atoms with E-state index in [4.69, 9.17) is 17.3 Å². The molecule has 1 amide bonds. The molecule has 1 aromatic rings. The number of carbonyl (C=O) groups excluding carboxylic acids is 1. The van der Waals surface area contributed by atoms with E-state index in [2.05, 4.69) is 4.90 Å². The number of carbonyl (C=O) groups is 1. The Morgan fingerprint density at radius 3 is 2.37 bits per heavy atom. The Morgan fingerprint density at radius 1 is 1.26 bits per heavy atom. The predicted molar refractivity (Wildman–Crippen MR) is 78.5 cm³/mol. The fraction of sp³-hybridized carbons (Fsp3) is 0.500. The molecule has 0 aliphatic carbocycles. The van der Waals surface area contributed by atoms with Gasteiger partial charge in [0.05, 0.1) is 6.04 Å². The Balaban J connectivity index is 1.92. The van der Waals surface area contributed by atoms with Crippen LogP contribution in [0.2, 0.25) is 5.02 Å². The lowest BCUT2D eigenvalue weighted by molar-refractivity contribution is -0.132. The van der Waals surface area contributed by atoms with Crippen molar-refractivity contribution in [2.24, 2.45) is 5.73 Å². The standard InChI is InChI=1S/C14H20ClN3O/c1-2-13(16)14(19)18-9-7-17(8-10-18)12-5-3-11(15)4-6-12/h3-6,13H,2,7-10,16H2,1H3/t13-/m1/s1. The molecule has 1 saturated heterocycles. The van der Waals surface area contributed by atoms with Crippen molar-refractivity contribution < 1.29 is 4.79 Å². The Labute approximate surface area is 119 Å². The van der Waals surface area contributed by atoms with Gasteiger partial charge < -0.3 is 15.5 Å². The molecular formula is C14H20ClN3O. The van der Waals surface area contributed by atoms with E-state index in [0.717, 1.165) is 36.9 Å². The molecule has 2 rings (SSSR count). The van der Waals surface area contributed by atoms with Crippen molar-refractivity contribution in [2.45, 2.75) is 19.4 Å². The van der Waals surface area contributed by atoms with Crippen molar-refractivity contribution >= 4 is 23.2 Å². The van der Waals surface area contributed by atoms with Crippen LogP contribution in [-0.4, -0.2) is 43.0 Å². The Bertz CT molecular complexity index is 427. The number of halogens is 1. The Kier molecular flexibility index (Phi) is 4.66. The maximum absolute atomic E-state index is 12.0. The molecule has 1 atom stereocenters. The van der Waals surface area contributed by atoms with Gasteiger partial charge in [0, 0.05) is 36.9 Å². The predicted octanol–water partition coefficient (Wildman–Crippen LogP) is 1.73. The highest BCUT2D eigenvalue weighted by molar-refractivity contribution is 6.30. The molecule has 4 nitrogen and oxygen atoms in total. The van der Waals surface area contributed by atoms with Crippen molar-refractivity contribution in [3.8, 4) is 0 Å². The van der Waals surface area contributed by atoms with Gasteiger partial charge in [0.15, 0.2) is 0 Å². The van der Waals surface area contributed by atoms with Crippen molar-refractivity contribution in [3.63, 3.8) is 0 Å². The average molecular weight is 282 g/mol.